The molecule has 0 atom stereocenters. The van der Waals surface area contributed by atoms with E-state index in [2.05, 4.69) is 28.8 Å². The number of carbonyl (C=O) groups excluding carboxylic acids is 1. The molecule has 0 aliphatic carbocycles. The van der Waals surface area contributed by atoms with Gasteiger partial charge in [0.2, 0.25) is 0 Å². The fourth-order valence-corrected chi connectivity index (χ4v) is 5.04. The Morgan fingerprint density at radius 3 is 2.53 bits per heavy atom. The fraction of sp³-hybridized carbons (Fsp3) is 0.542. The van der Waals surface area contributed by atoms with Crippen molar-refractivity contribution >= 4 is 27.7 Å². The van der Waals surface area contributed by atoms with Crippen molar-refractivity contribution in [3.8, 4) is 0 Å². The number of hydrogen-bond acceptors (Lipinski definition) is 5. The van der Waals surface area contributed by atoms with Crippen molar-refractivity contribution in [1.82, 2.24) is 24.6 Å². The number of nitrogens with one attached hydrogen (secondary N) is 1. The highest BCUT2D eigenvalue weighted by Crippen LogP contribution is 2.30. The number of fused-ring (bicyclic) bond motifs is 3. The van der Waals surface area contributed by atoms with E-state index < -0.39 is 0 Å². The number of hydrogen-bond donors (Lipinski definition) is 1. The van der Waals surface area contributed by atoms with Crippen molar-refractivity contribution in [2.45, 2.75) is 45.7 Å². The Morgan fingerprint density at radius 1 is 1.12 bits per heavy atom. The van der Waals surface area contributed by atoms with E-state index in [1.165, 1.54) is 0 Å². The van der Waals surface area contributed by atoms with Gasteiger partial charge in [0, 0.05) is 56.4 Å². The number of rotatable bonds is 3. The highest BCUT2D eigenvalue weighted by Gasteiger charge is 2.26. The van der Waals surface area contributed by atoms with E-state index in [-0.39, 0.29) is 17.5 Å². The van der Waals surface area contributed by atoms with Gasteiger partial charge >= 0.3 is 0 Å². The van der Waals surface area contributed by atoms with Crippen molar-refractivity contribution in [1.29, 1.82) is 0 Å². The molecule has 1 aromatic carbocycles. The number of piperazine rings is 1. The van der Waals surface area contributed by atoms with Gasteiger partial charge in [-0.25, -0.2) is 0 Å². The Hall–Kier alpha value is -2.71. The van der Waals surface area contributed by atoms with E-state index in [1.807, 2.05) is 28.6 Å². The zero-order chi connectivity index (χ0) is 22.4. The van der Waals surface area contributed by atoms with Gasteiger partial charge in [-0.3, -0.25) is 19.2 Å². The minimum Gasteiger partial charge on any atom is -0.381 e. The minimum absolute atomic E-state index is 0.0595. The average molecular weight is 438 g/mol. The van der Waals surface area contributed by atoms with Crippen molar-refractivity contribution < 1.29 is 9.53 Å². The summed E-state index contributed by atoms with van der Waals surface area (Å²) < 4.78 is 7.49. The van der Waals surface area contributed by atoms with Gasteiger partial charge in [0.1, 0.15) is 0 Å². The first-order chi connectivity index (χ1) is 15.4. The minimum atomic E-state index is -0.144. The summed E-state index contributed by atoms with van der Waals surface area (Å²) in [6.45, 7) is 11.0. The number of carbonyl (C=O) groups is 1. The highest BCUT2D eigenvalue weighted by atomic mass is 16.5. The van der Waals surface area contributed by atoms with Crippen LogP contribution in [0.15, 0.2) is 23.1 Å². The van der Waals surface area contributed by atoms with Gasteiger partial charge in [0.05, 0.1) is 28.7 Å². The summed E-state index contributed by atoms with van der Waals surface area (Å²) in [5.74, 6) is 0.0595. The normalized spacial score (nSPS) is 18.8. The van der Waals surface area contributed by atoms with Crippen LogP contribution in [0.2, 0.25) is 0 Å². The predicted octanol–water partition coefficient (Wildman–Crippen LogP) is 2.70. The van der Waals surface area contributed by atoms with Crippen LogP contribution in [0.3, 0.4) is 0 Å². The molecule has 2 aromatic heterocycles. The number of ether oxygens (including phenoxy) is 1. The zero-order valence-corrected chi connectivity index (χ0v) is 19.1. The predicted molar refractivity (Wildman–Crippen MR) is 124 cm³/mol. The molecule has 3 aromatic rings. The molecule has 0 saturated carbocycles. The maximum Gasteiger partial charge on any atom is 0.259 e. The number of aromatic amines is 1. The number of amides is 1. The second-order valence-corrected chi connectivity index (χ2v) is 9.28. The first-order valence-corrected chi connectivity index (χ1v) is 11.6. The molecule has 32 heavy (non-hydrogen) atoms. The largest absolute Gasteiger partial charge is 0.381 e. The van der Waals surface area contributed by atoms with E-state index in [9.17, 15) is 9.59 Å². The molecule has 1 amide bonds. The van der Waals surface area contributed by atoms with Crippen molar-refractivity contribution in [3.63, 3.8) is 0 Å². The summed E-state index contributed by atoms with van der Waals surface area (Å²) >= 11 is 0. The molecule has 4 heterocycles. The number of aromatic nitrogens is 3. The van der Waals surface area contributed by atoms with Crippen LogP contribution in [0, 0.1) is 6.92 Å². The lowest BCUT2D eigenvalue weighted by molar-refractivity contribution is 0.0595. The molecule has 1 N–H and O–H groups in total. The molecule has 0 bridgehead atoms. The lowest BCUT2D eigenvalue weighted by Crippen LogP contribution is -2.50. The van der Waals surface area contributed by atoms with Crippen LogP contribution < -0.4 is 5.56 Å². The van der Waals surface area contributed by atoms with Crippen LogP contribution >= 0.6 is 0 Å². The topological polar surface area (TPSA) is 83.5 Å². The summed E-state index contributed by atoms with van der Waals surface area (Å²) in [5, 5.41) is 6.02. The summed E-state index contributed by atoms with van der Waals surface area (Å²) in [4.78, 5) is 33.5. The third kappa shape index (κ3) is 3.61. The molecule has 170 valence electrons. The van der Waals surface area contributed by atoms with E-state index in [0.29, 0.717) is 30.2 Å². The molecule has 8 nitrogen and oxygen atoms in total. The maximum atomic E-state index is 13.5. The molecule has 8 heteroatoms. The van der Waals surface area contributed by atoms with Crippen LogP contribution in [0.25, 0.3) is 21.8 Å². The average Bonchev–Trinajstić information content (AvgIpc) is 3.25. The van der Waals surface area contributed by atoms with E-state index >= 15 is 0 Å². The molecule has 2 saturated heterocycles. The van der Waals surface area contributed by atoms with Gasteiger partial charge < -0.3 is 14.6 Å². The molecule has 0 unspecified atom stereocenters. The van der Waals surface area contributed by atoms with Gasteiger partial charge in [0.25, 0.3) is 11.5 Å². The van der Waals surface area contributed by atoms with Crippen LogP contribution in [0.4, 0.5) is 0 Å². The van der Waals surface area contributed by atoms with Crippen LogP contribution in [0.1, 0.15) is 48.7 Å². The first-order valence-electron chi connectivity index (χ1n) is 11.6. The third-order valence-corrected chi connectivity index (χ3v) is 7.01. The molecule has 0 spiro atoms. The third-order valence-electron chi connectivity index (χ3n) is 7.01. The van der Waals surface area contributed by atoms with E-state index in [0.717, 1.165) is 61.0 Å². The number of pyridine rings is 1. The first kappa shape index (κ1) is 21.2. The Kier molecular flexibility index (Phi) is 5.51. The smallest absolute Gasteiger partial charge is 0.259 e. The van der Waals surface area contributed by atoms with Gasteiger partial charge in [-0.1, -0.05) is 0 Å². The second-order valence-electron chi connectivity index (χ2n) is 9.28. The Labute approximate surface area is 187 Å². The van der Waals surface area contributed by atoms with Crippen molar-refractivity contribution in [2.24, 2.45) is 0 Å². The lowest BCUT2D eigenvalue weighted by atomic mass is 10.0. The number of aryl methyl sites for hydroxylation is 1. The molecule has 2 aliphatic heterocycles. The molecular formula is C24H31N5O3. The van der Waals surface area contributed by atoms with E-state index in [4.69, 9.17) is 4.74 Å². The SMILES string of the molecule is Cc1cc2[nH]c(=O)c3cnn(C4CCOCC4)c3c2cc1C(=O)N1CCN(C(C)C)CC1. The van der Waals surface area contributed by atoms with Gasteiger partial charge in [0.15, 0.2) is 0 Å². The molecule has 2 fully saturated rings. The summed E-state index contributed by atoms with van der Waals surface area (Å²) in [5.41, 5.74) is 2.99. The van der Waals surface area contributed by atoms with Crippen LogP contribution in [-0.2, 0) is 4.74 Å². The van der Waals surface area contributed by atoms with Gasteiger partial charge in [-0.05, 0) is 51.3 Å². The summed E-state index contributed by atoms with van der Waals surface area (Å²) in [6.07, 6.45) is 3.38. The Morgan fingerprint density at radius 2 is 1.84 bits per heavy atom. The molecular weight excluding hydrogens is 406 g/mol. The van der Waals surface area contributed by atoms with Crippen molar-refractivity contribution in [2.75, 3.05) is 39.4 Å². The monoisotopic (exact) mass is 437 g/mol. The number of nitrogens with zero attached hydrogens (tertiary/aromatic N) is 4. The zero-order valence-electron chi connectivity index (χ0n) is 19.1. The quantitative estimate of drug-likeness (QED) is 0.681. The lowest BCUT2D eigenvalue weighted by Gasteiger charge is -2.37. The second kappa shape index (κ2) is 8.33. The van der Waals surface area contributed by atoms with Gasteiger partial charge in [-0.2, -0.15) is 5.10 Å². The maximum absolute atomic E-state index is 13.5. The van der Waals surface area contributed by atoms with E-state index in [1.54, 1.807) is 6.20 Å². The van der Waals surface area contributed by atoms with Crippen molar-refractivity contribution in [3.05, 3.63) is 39.8 Å². The molecule has 0 radical (unpaired) electrons. The molecule has 2 aliphatic rings. The summed E-state index contributed by atoms with van der Waals surface area (Å²) in [7, 11) is 0. The Bertz CT molecular complexity index is 1210. The van der Waals surface area contributed by atoms with Crippen LogP contribution in [0.5, 0.6) is 0 Å². The Balaban J connectivity index is 1.57. The van der Waals surface area contributed by atoms with Gasteiger partial charge in [-0.15, -0.1) is 0 Å². The number of benzene rings is 1. The van der Waals surface area contributed by atoms with Crippen LogP contribution in [-0.4, -0.2) is 75.9 Å². The summed E-state index contributed by atoms with van der Waals surface area (Å²) in [6, 6.07) is 4.56. The molecule has 5 rings (SSSR count). The highest BCUT2D eigenvalue weighted by molar-refractivity contribution is 6.07. The fourth-order valence-electron chi connectivity index (χ4n) is 5.04. The number of H-pyrrole nitrogens is 1. The standard InChI is InChI=1S/C24H31N5O3/c1-15(2)27-6-8-28(9-7-27)24(31)18-13-19-21(12-16(18)3)26-23(30)20-14-25-29(22(19)20)17-4-10-32-11-5-17/h12-15,17H,4-11H2,1-3H3,(H,26,30).